The number of carbonyl (C=O) groups is 2. The molecule has 0 saturated carbocycles. The van der Waals surface area contributed by atoms with Crippen LogP contribution >= 0.6 is 0 Å². The summed E-state index contributed by atoms with van der Waals surface area (Å²) in [6, 6.07) is 22.6. The van der Waals surface area contributed by atoms with E-state index in [1.807, 2.05) is 13.8 Å². The van der Waals surface area contributed by atoms with Crippen LogP contribution in [0.15, 0.2) is 78.5 Å². The molecule has 0 atom stereocenters. The van der Waals surface area contributed by atoms with Gasteiger partial charge in [0.25, 0.3) is 11.8 Å². The van der Waals surface area contributed by atoms with Gasteiger partial charge in [0.05, 0.1) is 19.3 Å². The van der Waals surface area contributed by atoms with Crippen LogP contribution in [0.25, 0.3) is 6.08 Å². The van der Waals surface area contributed by atoms with Crippen molar-refractivity contribution >= 4 is 17.9 Å². The Balaban J connectivity index is 1.38. The highest BCUT2D eigenvalue weighted by molar-refractivity contribution is 6.05. The van der Waals surface area contributed by atoms with Crippen molar-refractivity contribution in [3.63, 3.8) is 0 Å². The van der Waals surface area contributed by atoms with E-state index in [4.69, 9.17) is 14.6 Å². The predicted octanol–water partition coefficient (Wildman–Crippen LogP) is 4.15. The zero-order chi connectivity index (χ0) is 26.9. The fourth-order valence-electron chi connectivity index (χ4n) is 4.38. The number of carbonyl (C=O) groups excluding carboxylic acids is 2. The average Bonchev–Trinajstić information content (AvgIpc) is 3.34. The lowest BCUT2D eigenvalue weighted by Gasteiger charge is -2.13. The lowest BCUT2D eigenvalue weighted by molar-refractivity contribution is -0.117. The molecule has 2 amide bonds. The van der Waals surface area contributed by atoms with Crippen LogP contribution in [0.4, 0.5) is 0 Å². The van der Waals surface area contributed by atoms with Gasteiger partial charge < -0.3 is 25.2 Å². The first kappa shape index (κ1) is 26.9. The number of ether oxygens (including phenoxy) is 2. The quantitative estimate of drug-likeness (QED) is 0.334. The Bertz CT molecular complexity index is 1240. The molecule has 3 N–H and O–H groups in total. The van der Waals surface area contributed by atoms with Gasteiger partial charge in [0.2, 0.25) is 0 Å². The van der Waals surface area contributed by atoms with E-state index in [1.54, 1.807) is 54.6 Å². The summed E-state index contributed by atoms with van der Waals surface area (Å²) in [6.45, 7) is 4.37. The minimum atomic E-state index is -0.493. The van der Waals surface area contributed by atoms with Gasteiger partial charge in [-0.05, 0) is 85.9 Å². The summed E-state index contributed by atoms with van der Waals surface area (Å²) in [5.74, 6) is 0.928. The largest absolute Gasteiger partial charge is 0.493 e. The molecule has 0 saturated heterocycles. The van der Waals surface area contributed by atoms with E-state index in [9.17, 15) is 9.59 Å². The van der Waals surface area contributed by atoms with E-state index in [2.05, 4.69) is 34.9 Å². The summed E-state index contributed by atoms with van der Waals surface area (Å²) in [4.78, 5) is 25.6. The van der Waals surface area contributed by atoms with E-state index in [1.165, 1.54) is 11.1 Å². The van der Waals surface area contributed by atoms with Crippen molar-refractivity contribution < 1.29 is 24.2 Å². The Hall–Kier alpha value is -4.10. The molecule has 7 heteroatoms. The Morgan fingerprint density at radius 2 is 1.58 bits per heavy atom. The first-order valence-corrected chi connectivity index (χ1v) is 12.9. The standard InChI is InChI=1S/C31H34N2O5/c1-21(2)38-28-11-7-22(8-12-28)19-29(31(36)32-15-16-34)33-30(35)24-9-13-27(14-10-24)37-20-23-17-25-5-3-4-6-26(25)18-23/h3-14,19,21,23,34H,15-18,20H2,1-2H3,(H,32,36)(H,33,35). The lowest BCUT2D eigenvalue weighted by atomic mass is 10.1. The summed E-state index contributed by atoms with van der Waals surface area (Å²) in [5.41, 5.74) is 3.96. The van der Waals surface area contributed by atoms with Gasteiger partial charge in [0.1, 0.15) is 17.2 Å². The Labute approximate surface area is 223 Å². The second kappa shape index (κ2) is 12.9. The first-order valence-electron chi connectivity index (χ1n) is 12.9. The van der Waals surface area contributed by atoms with Crippen molar-refractivity contribution in [2.75, 3.05) is 19.8 Å². The second-order valence-electron chi connectivity index (χ2n) is 9.61. The van der Waals surface area contributed by atoms with Crippen LogP contribution < -0.4 is 20.1 Å². The number of hydrogen-bond acceptors (Lipinski definition) is 5. The van der Waals surface area contributed by atoms with Gasteiger partial charge in [-0.25, -0.2) is 0 Å². The van der Waals surface area contributed by atoms with E-state index >= 15 is 0 Å². The highest BCUT2D eigenvalue weighted by Gasteiger charge is 2.21. The van der Waals surface area contributed by atoms with Gasteiger partial charge in [-0.3, -0.25) is 9.59 Å². The summed E-state index contributed by atoms with van der Waals surface area (Å²) >= 11 is 0. The van der Waals surface area contributed by atoms with Crippen LogP contribution in [0.3, 0.4) is 0 Å². The molecule has 4 rings (SSSR count). The molecule has 0 heterocycles. The molecule has 0 radical (unpaired) electrons. The van der Waals surface area contributed by atoms with Crippen LogP contribution in [-0.2, 0) is 17.6 Å². The fraction of sp³-hybridized carbons (Fsp3) is 0.290. The molecular formula is C31H34N2O5. The Kier molecular flexibility index (Phi) is 9.16. The maximum Gasteiger partial charge on any atom is 0.267 e. The molecule has 3 aromatic carbocycles. The van der Waals surface area contributed by atoms with Crippen LogP contribution in [0.2, 0.25) is 0 Å². The van der Waals surface area contributed by atoms with Crippen LogP contribution in [0.1, 0.15) is 40.9 Å². The molecule has 0 spiro atoms. The van der Waals surface area contributed by atoms with Crippen molar-refractivity contribution in [2.45, 2.75) is 32.8 Å². The molecule has 1 aliphatic carbocycles. The molecule has 198 valence electrons. The minimum Gasteiger partial charge on any atom is -0.493 e. The number of rotatable bonds is 11. The van der Waals surface area contributed by atoms with Gasteiger partial charge in [-0.2, -0.15) is 0 Å². The number of benzene rings is 3. The number of amides is 2. The van der Waals surface area contributed by atoms with E-state index in [-0.39, 0.29) is 25.0 Å². The maximum atomic E-state index is 13.0. The molecule has 3 aromatic rings. The molecule has 0 unspecified atom stereocenters. The molecule has 0 aliphatic heterocycles. The van der Waals surface area contributed by atoms with Crippen molar-refractivity contribution in [3.05, 3.63) is 101 Å². The molecule has 0 bridgehead atoms. The number of nitrogens with one attached hydrogen (secondary N) is 2. The minimum absolute atomic E-state index is 0.0483. The van der Waals surface area contributed by atoms with Crippen molar-refractivity contribution in [2.24, 2.45) is 5.92 Å². The van der Waals surface area contributed by atoms with Crippen LogP contribution in [0.5, 0.6) is 11.5 Å². The third-order valence-corrected chi connectivity index (χ3v) is 6.19. The summed E-state index contributed by atoms with van der Waals surface area (Å²) < 4.78 is 11.7. The number of aliphatic hydroxyl groups excluding tert-OH is 1. The molecule has 0 aromatic heterocycles. The van der Waals surface area contributed by atoms with E-state index in [0.29, 0.717) is 35.2 Å². The zero-order valence-electron chi connectivity index (χ0n) is 21.8. The van der Waals surface area contributed by atoms with Gasteiger partial charge in [-0.1, -0.05) is 36.4 Å². The summed E-state index contributed by atoms with van der Waals surface area (Å²) in [5, 5.41) is 14.4. The average molecular weight is 515 g/mol. The molecule has 0 fully saturated rings. The number of aliphatic hydroxyl groups is 1. The second-order valence-corrected chi connectivity index (χ2v) is 9.61. The topological polar surface area (TPSA) is 96.9 Å². The van der Waals surface area contributed by atoms with Gasteiger partial charge in [-0.15, -0.1) is 0 Å². The van der Waals surface area contributed by atoms with E-state index < -0.39 is 11.8 Å². The summed E-state index contributed by atoms with van der Waals surface area (Å²) in [7, 11) is 0. The molecule has 1 aliphatic rings. The number of hydrogen-bond donors (Lipinski definition) is 3. The number of fused-ring (bicyclic) bond motifs is 1. The molecular weight excluding hydrogens is 480 g/mol. The smallest absolute Gasteiger partial charge is 0.267 e. The first-order chi connectivity index (χ1) is 18.4. The fourth-order valence-corrected chi connectivity index (χ4v) is 4.38. The predicted molar refractivity (Wildman–Crippen MR) is 147 cm³/mol. The van der Waals surface area contributed by atoms with Crippen molar-refractivity contribution in [3.8, 4) is 11.5 Å². The van der Waals surface area contributed by atoms with Crippen LogP contribution in [0, 0.1) is 5.92 Å². The Morgan fingerprint density at radius 1 is 0.947 bits per heavy atom. The SMILES string of the molecule is CC(C)Oc1ccc(C=C(NC(=O)c2ccc(OCC3Cc4ccccc4C3)cc2)C(=O)NCCO)cc1. The normalized spacial score (nSPS) is 13.2. The van der Waals surface area contributed by atoms with Crippen molar-refractivity contribution in [1.82, 2.24) is 10.6 Å². The van der Waals surface area contributed by atoms with Gasteiger partial charge in [0, 0.05) is 18.0 Å². The summed E-state index contributed by atoms with van der Waals surface area (Å²) in [6.07, 6.45) is 3.66. The van der Waals surface area contributed by atoms with Crippen LogP contribution in [-0.4, -0.2) is 42.8 Å². The lowest BCUT2D eigenvalue weighted by Crippen LogP contribution is -2.36. The third kappa shape index (κ3) is 7.46. The third-order valence-electron chi connectivity index (χ3n) is 6.19. The molecule has 38 heavy (non-hydrogen) atoms. The van der Waals surface area contributed by atoms with Gasteiger partial charge >= 0.3 is 0 Å². The monoisotopic (exact) mass is 514 g/mol. The van der Waals surface area contributed by atoms with Crippen molar-refractivity contribution in [1.29, 1.82) is 0 Å². The zero-order valence-corrected chi connectivity index (χ0v) is 21.8. The Morgan fingerprint density at radius 3 is 2.18 bits per heavy atom. The molecule has 7 nitrogen and oxygen atoms in total. The van der Waals surface area contributed by atoms with E-state index in [0.717, 1.165) is 12.8 Å². The maximum absolute atomic E-state index is 13.0. The highest BCUT2D eigenvalue weighted by atomic mass is 16.5. The highest BCUT2D eigenvalue weighted by Crippen LogP contribution is 2.27. The van der Waals surface area contributed by atoms with Gasteiger partial charge in [0.15, 0.2) is 0 Å².